The zero-order chi connectivity index (χ0) is 21.6. The molecule has 1 aromatic heterocycles. The van der Waals surface area contributed by atoms with Crippen molar-refractivity contribution in [1.82, 2.24) is 0 Å². The van der Waals surface area contributed by atoms with Crippen LogP contribution >= 0.6 is 40.1 Å². The summed E-state index contributed by atoms with van der Waals surface area (Å²) in [7, 11) is 0. The van der Waals surface area contributed by atoms with Crippen LogP contribution in [0.15, 0.2) is 70.1 Å². The maximum Gasteiger partial charge on any atom is 0.263 e. The molecule has 3 aromatic rings. The van der Waals surface area contributed by atoms with Gasteiger partial charge in [-0.3, -0.25) is 0 Å². The number of aryl methyl sites for hydroxylation is 1. The predicted octanol–water partition coefficient (Wildman–Crippen LogP) is 4.17. The molecule has 0 unspecified atom stereocenters. The van der Waals surface area contributed by atoms with Crippen molar-refractivity contribution < 1.29 is 21.5 Å². The lowest BCUT2D eigenvalue weighted by Gasteiger charge is -2.18. The molecule has 0 atom stereocenters. The van der Waals surface area contributed by atoms with Crippen LogP contribution in [0.2, 0.25) is 0 Å². The van der Waals surface area contributed by atoms with E-state index in [0.717, 1.165) is 32.5 Å². The number of unbranched alkanes of at least 4 members (excludes halogenated alkanes) is 2. The highest BCUT2D eigenvalue weighted by Crippen LogP contribution is 2.46. The molecular formula is C26H33Br2N3S2. The number of halogens is 2. The van der Waals surface area contributed by atoms with Gasteiger partial charge < -0.3 is 27.6 Å². The van der Waals surface area contributed by atoms with E-state index in [2.05, 4.69) is 84.0 Å². The van der Waals surface area contributed by atoms with E-state index in [4.69, 9.17) is 5.73 Å². The number of anilines is 1. The zero-order valence-corrected chi connectivity index (χ0v) is 24.2. The number of nitrogens with zero attached hydrogens (tertiary/aromatic N) is 2. The number of rotatable bonds is 9. The second-order valence-corrected chi connectivity index (χ2v) is 9.90. The molecule has 0 aliphatic carbocycles. The first-order valence-corrected chi connectivity index (χ1v) is 13.0. The fourth-order valence-corrected chi connectivity index (χ4v) is 6.40. The molecular weight excluding hydrogens is 578 g/mol. The molecule has 2 N–H and O–H groups in total. The van der Waals surface area contributed by atoms with Crippen molar-refractivity contribution >= 4 is 62.1 Å². The minimum atomic E-state index is 0. The molecule has 0 saturated carbocycles. The summed E-state index contributed by atoms with van der Waals surface area (Å²) in [5.74, 6) is 0. The average Bonchev–Trinajstić information content (AvgIpc) is 3.33. The van der Waals surface area contributed by atoms with Gasteiger partial charge in [0.15, 0.2) is 6.54 Å². The topological polar surface area (TPSA) is 33.1 Å². The van der Waals surface area contributed by atoms with E-state index >= 15 is 0 Å². The lowest BCUT2D eigenvalue weighted by Crippen LogP contribution is -3.00. The number of hydrogen-bond donors (Lipinski definition) is 1. The van der Waals surface area contributed by atoms with Gasteiger partial charge in [0.2, 0.25) is 5.52 Å². The number of allylic oxidation sites excluding steroid dienone is 2. The average molecular weight is 612 g/mol. The Hall–Kier alpha value is -1.12. The van der Waals surface area contributed by atoms with Crippen molar-refractivity contribution in [3.63, 3.8) is 0 Å². The fraction of sp³-hybridized carbons (Fsp3) is 0.346. The van der Waals surface area contributed by atoms with E-state index < -0.39 is 0 Å². The van der Waals surface area contributed by atoms with Gasteiger partial charge in [0.1, 0.15) is 4.70 Å². The molecule has 2 aromatic carbocycles. The molecule has 0 amide bonds. The summed E-state index contributed by atoms with van der Waals surface area (Å²) in [6, 6.07) is 17.5. The molecule has 2 heterocycles. The molecule has 4 rings (SSSR count). The van der Waals surface area contributed by atoms with Gasteiger partial charge in [-0.2, -0.15) is 4.57 Å². The van der Waals surface area contributed by atoms with Crippen LogP contribution in [0.3, 0.4) is 0 Å². The molecule has 178 valence electrons. The first kappa shape index (κ1) is 28.1. The Balaban J connectivity index is 0.00000193. The molecule has 3 nitrogen and oxygen atoms in total. The molecule has 0 spiro atoms. The van der Waals surface area contributed by atoms with Gasteiger partial charge in [0.05, 0.1) is 10.7 Å². The van der Waals surface area contributed by atoms with Crippen molar-refractivity contribution in [1.29, 1.82) is 0 Å². The first-order chi connectivity index (χ1) is 15.2. The van der Waals surface area contributed by atoms with E-state index in [9.17, 15) is 0 Å². The molecule has 0 bridgehead atoms. The summed E-state index contributed by atoms with van der Waals surface area (Å²) in [6.45, 7) is 7.29. The van der Waals surface area contributed by atoms with Crippen molar-refractivity contribution in [3.8, 4) is 0 Å². The molecule has 7 heteroatoms. The Labute approximate surface area is 227 Å². The summed E-state index contributed by atoms with van der Waals surface area (Å²) in [6.07, 6.45) is 9.25. The summed E-state index contributed by atoms with van der Waals surface area (Å²) < 4.78 is 3.85. The van der Waals surface area contributed by atoms with Crippen LogP contribution in [0.5, 0.6) is 0 Å². The van der Waals surface area contributed by atoms with E-state index in [0.29, 0.717) is 0 Å². The number of aromatic nitrogens is 1. The number of para-hydroxylation sites is 2. The van der Waals surface area contributed by atoms with Crippen molar-refractivity contribution in [2.75, 3.05) is 18.0 Å². The maximum atomic E-state index is 5.70. The van der Waals surface area contributed by atoms with Crippen LogP contribution in [-0.4, -0.2) is 13.1 Å². The number of hydrogen-bond acceptors (Lipinski definition) is 4. The Morgan fingerprint density at radius 1 is 1.03 bits per heavy atom. The lowest BCUT2D eigenvalue weighted by molar-refractivity contribution is -0.669. The van der Waals surface area contributed by atoms with Gasteiger partial charge in [-0.1, -0.05) is 54.3 Å². The number of thioether (sulfide) groups is 1. The molecule has 0 fully saturated rings. The van der Waals surface area contributed by atoms with E-state index in [1.54, 1.807) is 0 Å². The van der Waals surface area contributed by atoms with Gasteiger partial charge in [0, 0.05) is 30.0 Å². The van der Waals surface area contributed by atoms with Crippen LogP contribution < -0.4 is 32.2 Å². The molecule has 33 heavy (non-hydrogen) atoms. The van der Waals surface area contributed by atoms with Gasteiger partial charge in [0.25, 0.3) is 5.01 Å². The van der Waals surface area contributed by atoms with Crippen LogP contribution in [0.1, 0.15) is 44.5 Å². The third-order valence-electron chi connectivity index (χ3n) is 5.70. The smallest absolute Gasteiger partial charge is 0.263 e. The van der Waals surface area contributed by atoms with Crippen molar-refractivity contribution in [3.05, 3.63) is 70.2 Å². The SMILES string of the molecule is Br.CCC(=Cc1sc2ccccc2[n+]1CCCCCN)C=C1Sc2ccccc2N1CC.[Br-]. The van der Waals surface area contributed by atoms with Crippen LogP contribution in [0, 0.1) is 0 Å². The van der Waals surface area contributed by atoms with Crippen LogP contribution in [0.25, 0.3) is 16.3 Å². The largest absolute Gasteiger partial charge is 1.00 e. The summed E-state index contributed by atoms with van der Waals surface area (Å²) >= 11 is 3.78. The second-order valence-electron chi connectivity index (χ2n) is 7.78. The van der Waals surface area contributed by atoms with Crippen molar-refractivity contribution in [2.24, 2.45) is 5.73 Å². The Morgan fingerprint density at radius 3 is 2.55 bits per heavy atom. The Morgan fingerprint density at radius 2 is 1.79 bits per heavy atom. The summed E-state index contributed by atoms with van der Waals surface area (Å²) in [5.41, 5.74) is 9.74. The van der Waals surface area contributed by atoms with Gasteiger partial charge in [-0.25, -0.2) is 0 Å². The normalized spacial score (nSPS) is 14.3. The van der Waals surface area contributed by atoms with Gasteiger partial charge >= 0.3 is 0 Å². The Bertz CT molecular complexity index is 1110. The first-order valence-electron chi connectivity index (χ1n) is 11.3. The van der Waals surface area contributed by atoms with E-state index in [1.807, 2.05) is 23.1 Å². The lowest BCUT2D eigenvalue weighted by atomic mass is 10.2. The quantitative estimate of drug-likeness (QED) is 0.292. The highest BCUT2D eigenvalue weighted by atomic mass is 79.9. The standard InChI is InChI=1S/C26H32N3S2.2BrH/c1-3-20(18-25-28(4-2)21-12-6-8-14-23(21)30-25)19-26-29(17-11-5-10-16-27)22-13-7-9-15-24(22)31-26;;/h6-9,12-15,18-19H,3-5,10-11,16-17,27H2,1-2H3;2*1H/q+1;;/p-1. The number of benzene rings is 2. The van der Waals surface area contributed by atoms with Crippen LogP contribution in [-0.2, 0) is 6.54 Å². The van der Waals surface area contributed by atoms with Gasteiger partial charge in [-0.05, 0) is 62.6 Å². The fourth-order valence-electron chi connectivity index (χ4n) is 4.03. The molecule has 1 aliphatic heterocycles. The van der Waals surface area contributed by atoms with E-state index in [-0.39, 0.29) is 34.0 Å². The summed E-state index contributed by atoms with van der Waals surface area (Å²) in [5, 5.41) is 2.67. The van der Waals surface area contributed by atoms with Crippen LogP contribution in [0.4, 0.5) is 5.69 Å². The van der Waals surface area contributed by atoms with Gasteiger partial charge in [-0.15, -0.1) is 17.0 Å². The highest BCUT2D eigenvalue weighted by Gasteiger charge is 2.24. The highest BCUT2D eigenvalue weighted by molar-refractivity contribution is 8.93. The van der Waals surface area contributed by atoms with E-state index in [1.165, 1.54) is 49.3 Å². The minimum Gasteiger partial charge on any atom is -1.00 e. The molecule has 0 saturated heterocycles. The number of thiazole rings is 1. The molecule has 1 aliphatic rings. The maximum absolute atomic E-state index is 5.70. The minimum absolute atomic E-state index is 0. The second kappa shape index (κ2) is 13.7. The molecule has 0 radical (unpaired) electrons. The van der Waals surface area contributed by atoms with Crippen molar-refractivity contribution in [2.45, 2.75) is 51.0 Å². The number of nitrogens with two attached hydrogens (primary N) is 1. The number of fused-ring (bicyclic) bond motifs is 2. The third-order valence-corrected chi connectivity index (χ3v) is 7.93. The zero-order valence-electron chi connectivity index (χ0n) is 19.3. The monoisotopic (exact) mass is 609 g/mol. The predicted molar refractivity (Wildman–Crippen MR) is 147 cm³/mol. The third kappa shape index (κ3) is 6.51. The summed E-state index contributed by atoms with van der Waals surface area (Å²) in [4.78, 5) is 3.78. The Kier molecular flexibility index (Phi) is 11.7.